The van der Waals surface area contributed by atoms with Gasteiger partial charge >= 0.3 is 0 Å². The summed E-state index contributed by atoms with van der Waals surface area (Å²) in [5.41, 5.74) is 7.49. The van der Waals surface area contributed by atoms with Crippen molar-refractivity contribution in [3.05, 3.63) is 158 Å². The number of rotatable bonds is 4. The summed E-state index contributed by atoms with van der Waals surface area (Å²) in [6.07, 6.45) is 3.66. The van der Waals surface area contributed by atoms with Crippen molar-refractivity contribution < 1.29 is 13.6 Å². The van der Waals surface area contributed by atoms with Gasteiger partial charge in [0.15, 0.2) is 0 Å². The fourth-order valence-electron chi connectivity index (χ4n) is 8.30. The number of aromatic nitrogens is 4. The van der Waals surface area contributed by atoms with Crippen molar-refractivity contribution in [3.63, 3.8) is 0 Å². The van der Waals surface area contributed by atoms with Crippen LogP contribution in [0.15, 0.2) is 167 Å². The molecule has 0 saturated carbocycles. The number of hydrogen-bond donors (Lipinski definition) is 0. The number of hydrogen-bond acceptors (Lipinski definition) is 5. The predicted octanol–water partition coefficient (Wildman–Crippen LogP) is 12.3. The topological polar surface area (TPSA) is 71.2 Å². The monoisotopic (exact) mass is 682 g/mol. The molecule has 53 heavy (non-hydrogen) atoms. The summed E-state index contributed by atoms with van der Waals surface area (Å²) in [5, 5.41) is 8.72. The SMILES string of the molecule is c1ccc(-n2c3cc(Oc4ccc5c6ccc7oc8ccccc8c7c6n(-c6ccccn6)c5c4)ccc3c3ccc4oc5ccccc5c4c32)nc1. The van der Waals surface area contributed by atoms with Gasteiger partial charge in [-0.1, -0.05) is 48.5 Å². The second-order valence-electron chi connectivity index (χ2n) is 13.4. The summed E-state index contributed by atoms with van der Waals surface area (Å²) < 4.78 is 23.8. The molecule has 0 saturated heterocycles. The molecule has 0 aliphatic heterocycles. The molecule has 0 bridgehead atoms. The zero-order valence-corrected chi connectivity index (χ0v) is 28.0. The van der Waals surface area contributed by atoms with Crippen LogP contribution in [0.4, 0.5) is 0 Å². The maximum atomic E-state index is 6.75. The van der Waals surface area contributed by atoms with Gasteiger partial charge in [-0.25, -0.2) is 9.97 Å². The number of furan rings is 2. The van der Waals surface area contributed by atoms with E-state index in [-0.39, 0.29) is 0 Å². The van der Waals surface area contributed by atoms with Crippen LogP contribution in [0.1, 0.15) is 0 Å². The third-order valence-electron chi connectivity index (χ3n) is 10.5. The Balaban J connectivity index is 1.08. The molecule has 6 aromatic heterocycles. The minimum Gasteiger partial charge on any atom is -0.457 e. The maximum absolute atomic E-state index is 6.75. The second kappa shape index (κ2) is 10.6. The number of benzene rings is 6. The molecule has 6 aromatic carbocycles. The number of pyridine rings is 2. The second-order valence-corrected chi connectivity index (χ2v) is 13.4. The Morgan fingerprint density at radius 3 is 1.32 bits per heavy atom. The van der Waals surface area contributed by atoms with Crippen LogP contribution in [-0.2, 0) is 0 Å². The summed E-state index contributed by atoms with van der Waals surface area (Å²) >= 11 is 0. The Labute approximate surface area is 300 Å². The summed E-state index contributed by atoms with van der Waals surface area (Å²) in [7, 11) is 0. The Bertz CT molecular complexity index is 3200. The van der Waals surface area contributed by atoms with Gasteiger partial charge in [0.1, 0.15) is 45.5 Å². The number of fused-ring (bicyclic) bond motifs is 14. The molecular weight excluding hydrogens is 657 g/mol. The van der Waals surface area contributed by atoms with E-state index in [1.807, 2.05) is 85.2 Å². The van der Waals surface area contributed by atoms with Gasteiger partial charge < -0.3 is 13.6 Å². The zero-order chi connectivity index (χ0) is 34.6. The van der Waals surface area contributed by atoms with E-state index in [2.05, 4.69) is 81.9 Å². The fraction of sp³-hybridized carbons (Fsp3) is 0. The van der Waals surface area contributed by atoms with Crippen molar-refractivity contribution in [1.29, 1.82) is 0 Å². The lowest BCUT2D eigenvalue weighted by atomic mass is 10.1. The van der Waals surface area contributed by atoms with E-state index in [4.69, 9.17) is 23.5 Å². The first-order valence-electron chi connectivity index (χ1n) is 17.6. The van der Waals surface area contributed by atoms with Gasteiger partial charge in [0.25, 0.3) is 0 Å². The molecule has 0 spiro atoms. The third-order valence-corrected chi connectivity index (χ3v) is 10.5. The van der Waals surface area contributed by atoms with E-state index >= 15 is 0 Å². The summed E-state index contributed by atoms with van der Waals surface area (Å²) in [5.74, 6) is 3.08. The van der Waals surface area contributed by atoms with Crippen LogP contribution in [0.5, 0.6) is 11.5 Å². The molecule has 0 radical (unpaired) electrons. The van der Waals surface area contributed by atoms with Crippen LogP contribution in [0.25, 0.3) is 99.1 Å². The van der Waals surface area contributed by atoms with Crippen molar-refractivity contribution in [2.24, 2.45) is 0 Å². The summed E-state index contributed by atoms with van der Waals surface area (Å²) in [6.45, 7) is 0. The van der Waals surface area contributed by atoms with E-state index in [1.165, 1.54) is 0 Å². The van der Waals surface area contributed by atoms with Crippen LogP contribution in [0.2, 0.25) is 0 Å². The van der Waals surface area contributed by atoms with Crippen molar-refractivity contribution in [1.82, 2.24) is 19.1 Å². The quantitative estimate of drug-likeness (QED) is 0.185. The Hall–Kier alpha value is -7.38. The van der Waals surface area contributed by atoms with Gasteiger partial charge in [0.2, 0.25) is 0 Å². The highest BCUT2D eigenvalue weighted by atomic mass is 16.5. The molecule has 0 aliphatic rings. The Kier molecular flexibility index (Phi) is 5.65. The average Bonchev–Trinajstić information content (AvgIpc) is 3.95. The van der Waals surface area contributed by atoms with Crippen LogP contribution < -0.4 is 4.74 Å². The molecule has 0 unspecified atom stereocenters. The van der Waals surface area contributed by atoms with E-state index < -0.39 is 0 Å². The highest BCUT2D eigenvalue weighted by Gasteiger charge is 2.22. The lowest BCUT2D eigenvalue weighted by Gasteiger charge is -2.10. The highest BCUT2D eigenvalue weighted by molar-refractivity contribution is 6.26. The lowest BCUT2D eigenvalue weighted by molar-refractivity contribution is 0.484. The molecule has 248 valence electrons. The van der Waals surface area contributed by atoms with Crippen LogP contribution in [-0.4, -0.2) is 19.1 Å². The maximum Gasteiger partial charge on any atom is 0.137 e. The molecular formula is C46H26N4O3. The van der Waals surface area contributed by atoms with Gasteiger partial charge in [-0.05, 0) is 84.9 Å². The first kappa shape index (κ1) is 28.3. The van der Waals surface area contributed by atoms with Gasteiger partial charge in [-0.3, -0.25) is 9.13 Å². The molecule has 0 fully saturated rings. The molecule has 0 aliphatic carbocycles. The minimum absolute atomic E-state index is 0.717. The molecule has 0 atom stereocenters. The van der Waals surface area contributed by atoms with Crippen molar-refractivity contribution in [3.8, 4) is 23.1 Å². The molecule has 0 N–H and O–H groups in total. The van der Waals surface area contributed by atoms with Crippen LogP contribution in [0.3, 0.4) is 0 Å². The first-order chi connectivity index (χ1) is 26.3. The fourth-order valence-corrected chi connectivity index (χ4v) is 8.30. The van der Waals surface area contributed by atoms with Gasteiger partial charge in [-0.15, -0.1) is 0 Å². The summed E-state index contributed by atoms with van der Waals surface area (Å²) in [4.78, 5) is 9.63. The van der Waals surface area contributed by atoms with E-state index in [0.29, 0.717) is 11.5 Å². The van der Waals surface area contributed by atoms with Crippen molar-refractivity contribution >= 4 is 87.5 Å². The smallest absolute Gasteiger partial charge is 0.137 e. The van der Waals surface area contributed by atoms with E-state index in [1.54, 1.807) is 0 Å². The molecule has 12 rings (SSSR count). The highest BCUT2D eigenvalue weighted by Crippen LogP contribution is 2.44. The largest absolute Gasteiger partial charge is 0.457 e. The minimum atomic E-state index is 0.717. The zero-order valence-electron chi connectivity index (χ0n) is 28.0. The lowest BCUT2D eigenvalue weighted by Crippen LogP contribution is -1.97. The van der Waals surface area contributed by atoms with Crippen LogP contribution in [0, 0.1) is 0 Å². The first-order valence-corrected chi connectivity index (χ1v) is 17.6. The van der Waals surface area contributed by atoms with Crippen LogP contribution >= 0.6 is 0 Å². The number of nitrogens with zero attached hydrogens (tertiary/aromatic N) is 4. The third kappa shape index (κ3) is 3.98. The summed E-state index contributed by atoms with van der Waals surface area (Å²) in [6, 6.07) is 49.4. The molecule has 12 aromatic rings. The number of ether oxygens (including phenoxy) is 1. The van der Waals surface area contributed by atoms with E-state index in [9.17, 15) is 0 Å². The Morgan fingerprint density at radius 2 is 0.849 bits per heavy atom. The van der Waals surface area contributed by atoms with E-state index in [0.717, 1.165) is 99.1 Å². The molecule has 7 heteroatoms. The van der Waals surface area contributed by atoms with Crippen molar-refractivity contribution in [2.75, 3.05) is 0 Å². The van der Waals surface area contributed by atoms with Gasteiger partial charge in [-0.2, -0.15) is 0 Å². The predicted molar refractivity (Wildman–Crippen MR) is 212 cm³/mol. The normalized spacial score (nSPS) is 12.2. The molecule has 7 nitrogen and oxygen atoms in total. The molecule has 0 amide bonds. The van der Waals surface area contributed by atoms with Gasteiger partial charge in [0.05, 0.1) is 32.8 Å². The van der Waals surface area contributed by atoms with Gasteiger partial charge in [0, 0.05) is 56.8 Å². The standard InChI is InChI=1S/C46H26N4O3/c1-3-11-37-33(9-1)43-39(52-37)21-19-31-29-17-15-27(25-35(29)49(45(31)43)41-13-5-7-23-47-41)51-28-16-18-30-32-20-22-40-44(34-10-2-4-12-38(34)53-40)46(32)50(36(30)26-28)42-14-6-8-24-48-42/h1-26H. The average molecular weight is 683 g/mol. The number of para-hydroxylation sites is 2. The molecule has 6 heterocycles. The van der Waals surface area contributed by atoms with Crippen molar-refractivity contribution in [2.45, 2.75) is 0 Å². The Morgan fingerprint density at radius 1 is 0.396 bits per heavy atom.